The molecule has 0 aliphatic carbocycles. The molecule has 1 heterocycles. The van der Waals surface area contributed by atoms with Crippen LogP contribution in [-0.2, 0) is 6.54 Å². The maximum atomic E-state index is 11.0. The molecule has 0 atom stereocenters. The molecule has 4 aromatic rings. The zero-order valence-electron chi connectivity index (χ0n) is 13.9. The van der Waals surface area contributed by atoms with Crippen molar-refractivity contribution in [2.45, 2.75) is 6.54 Å². The van der Waals surface area contributed by atoms with E-state index in [-0.39, 0.29) is 11.9 Å². The van der Waals surface area contributed by atoms with Crippen LogP contribution in [0.15, 0.2) is 78.9 Å². The van der Waals surface area contributed by atoms with Crippen molar-refractivity contribution in [2.75, 3.05) is 0 Å². The standard InChI is InChI=1S/C21H15ClN2O2/c22-16-8-6-7-15(13-16)14-23-19-12-5-4-11-18(19)20(25)24(21(23)26)17-9-2-1-3-10-17/h1-13H,14H2/p+2. The van der Waals surface area contributed by atoms with Gasteiger partial charge in [-0.2, -0.15) is 0 Å². The molecule has 3 aromatic carbocycles. The van der Waals surface area contributed by atoms with E-state index in [0.717, 1.165) is 11.1 Å². The summed E-state index contributed by atoms with van der Waals surface area (Å²) in [5.41, 5.74) is 2.36. The molecule has 26 heavy (non-hydrogen) atoms. The Hall–Kier alpha value is -3.11. The molecule has 2 N–H and O–H groups in total. The lowest BCUT2D eigenvalue weighted by Crippen LogP contribution is -2.47. The maximum Gasteiger partial charge on any atom is 0.638 e. The van der Waals surface area contributed by atoms with Crippen LogP contribution < -0.4 is 9.13 Å². The molecule has 0 amide bonds. The minimum Gasteiger partial charge on any atom is -0.459 e. The molecule has 0 saturated carbocycles. The molecule has 0 radical (unpaired) electrons. The van der Waals surface area contributed by atoms with Crippen molar-refractivity contribution in [1.82, 2.24) is 0 Å². The minimum atomic E-state index is -0.0626. The number of nitrogens with zero attached hydrogens (tertiary/aromatic N) is 2. The lowest BCUT2D eigenvalue weighted by molar-refractivity contribution is -0.776. The van der Waals surface area contributed by atoms with E-state index in [1.165, 1.54) is 4.57 Å². The van der Waals surface area contributed by atoms with Gasteiger partial charge in [0.05, 0.1) is 0 Å². The Balaban J connectivity index is 1.99. The van der Waals surface area contributed by atoms with Gasteiger partial charge in [0, 0.05) is 28.8 Å². The van der Waals surface area contributed by atoms with Gasteiger partial charge in [-0.3, -0.25) is 0 Å². The largest absolute Gasteiger partial charge is 0.638 e. The van der Waals surface area contributed by atoms with Crippen LogP contribution in [0.5, 0.6) is 11.9 Å². The monoisotopic (exact) mass is 364 g/mol. The van der Waals surface area contributed by atoms with Gasteiger partial charge in [0.25, 0.3) is 0 Å². The predicted octanol–water partition coefficient (Wildman–Crippen LogP) is 3.52. The molecular formula is C21H17ClN2O2+2. The van der Waals surface area contributed by atoms with E-state index in [1.54, 1.807) is 4.57 Å². The molecule has 0 aliphatic rings. The van der Waals surface area contributed by atoms with Crippen molar-refractivity contribution in [3.8, 4) is 17.6 Å². The van der Waals surface area contributed by atoms with Crippen molar-refractivity contribution in [2.24, 2.45) is 0 Å². The van der Waals surface area contributed by atoms with Crippen LogP contribution in [0.1, 0.15) is 5.56 Å². The molecule has 5 heteroatoms. The van der Waals surface area contributed by atoms with Gasteiger partial charge in [0.1, 0.15) is 0 Å². The number of aromatic hydroxyl groups is 2. The molecule has 0 spiro atoms. The van der Waals surface area contributed by atoms with Gasteiger partial charge < -0.3 is 10.2 Å². The van der Waals surface area contributed by atoms with Gasteiger partial charge in [-0.1, -0.05) is 58.6 Å². The van der Waals surface area contributed by atoms with Crippen LogP contribution >= 0.6 is 11.6 Å². The molecule has 1 aromatic heterocycles. The van der Waals surface area contributed by atoms with Crippen molar-refractivity contribution < 1.29 is 19.3 Å². The second-order valence-corrected chi connectivity index (χ2v) is 6.46. The molecular weight excluding hydrogens is 348 g/mol. The predicted molar refractivity (Wildman–Crippen MR) is 99.6 cm³/mol. The number of hydrogen-bond donors (Lipinski definition) is 2. The molecule has 0 bridgehead atoms. The summed E-state index contributed by atoms with van der Waals surface area (Å²) in [6, 6.07) is 24.2. The topological polar surface area (TPSA) is 48.2 Å². The summed E-state index contributed by atoms with van der Waals surface area (Å²) < 4.78 is 3.20. The molecule has 4 nitrogen and oxygen atoms in total. The number of para-hydroxylation sites is 2. The molecule has 0 aliphatic heterocycles. The summed E-state index contributed by atoms with van der Waals surface area (Å²) in [7, 11) is 0. The lowest BCUT2D eigenvalue weighted by Gasteiger charge is -2.05. The first-order valence-electron chi connectivity index (χ1n) is 8.23. The van der Waals surface area contributed by atoms with E-state index in [2.05, 4.69) is 0 Å². The summed E-state index contributed by atoms with van der Waals surface area (Å²) >= 11 is 6.10. The number of aromatic nitrogens is 2. The number of benzene rings is 3. The third-order valence-corrected chi connectivity index (χ3v) is 4.57. The van der Waals surface area contributed by atoms with Crippen molar-refractivity contribution in [3.05, 3.63) is 89.4 Å². The number of fused-ring (bicyclic) bond motifs is 1. The summed E-state index contributed by atoms with van der Waals surface area (Å²) in [5.74, 6) is -0.00774. The zero-order chi connectivity index (χ0) is 18.1. The van der Waals surface area contributed by atoms with E-state index in [0.29, 0.717) is 22.6 Å². The Labute approximate surface area is 155 Å². The van der Waals surface area contributed by atoms with Crippen molar-refractivity contribution >= 4 is 22.5 Å². The van der Waals surface area contributed by atoms with E-state index < -0.39 is 0 Å². The highest BCUT2D eigenvalue weighted by Gasteiger charge is 2.35. The number of halogens is 1. The summed E-state index contributed by atoms with van der Waals surface area (Å²) in [5, 5.41) is 23.1. The second kappa shape index (κ2) is 6.65. The Morgan fingerprint density at radius 2 is 1.54 bits per heavy atom. The first kappa shape index (κ1) is 16.4. The van der Waals surface area contributed by atoms with Crippen LogP contribution in [0, 0.1) is 0 Å². The number of hydrogen-bond acceptors (Lipinski definition) is 2. The molecule has 128 valence electrons. The zero-order valence-corrected chi connectivity index (χ0v) is 14.6. The third-order valence-electron chi connectivity index (χ3n) is 4.33. The van der Waals surface area contributed by atoms with Crippen molar-refractivity contribution in [3.63, 3.8) is 0 Å². The molecule has 4 rings (SSSR count). The minimum absolute atomic E-state index is 0.00774. The second-order valence-electron chi connectivity index (χ2n) is 6.03. The Bertz CT molecular complexity index is 1100. The van der Waals surface area contributed by atoms with Gasteiger partial charge in [0.2, 0.25) is 11.2 Å². The first-order valence-corrected chi connectivity index (χ1v) is 8.61. The van der Waals surface area contributed by atoms with Gasteiger partial charge >= 0.3 is 11.9 Å². The van der Waals surface area contributed by atoms with Crippen molar-refractivity contribution in [1.29, 1.82) is 0 Å². The fraction of sp³-hybridized carbons (Fsp3) is 0.0476. The highest BCUT2D eigenvalue weighted by atomic mass is 35.5. The van der Waals surface area contributed by atoms with Crippen LogP contribution in [0.2, 0.25) is 5.02 Å². The number of rotatable bonds is 3. The highest BCUT2D eigenvalue weighted by Crippen LogP contribution is 2.23. The Morgan fingerprint density at radius 1 is 0.808 bits per heavy atom. The van der Waals surface area contributed by atoms with Crippen LogP contribution in [0.25, 0.3) is 16.6 Å². The van der Waals surface area contributed by atoms with E-state index in [9.17, 15) is 10.2 Å². The van der Waals surface area contributed by atoms with E-state index in [4.69, 9.17) is 11.6 Å². The van der Waals surface area contributed by atoms with Crippen LogP contribution in [-0.4, -0.2) is 10.2 Å². The normalized spacial score (nSPS) is 11.0. The Kier molecular flexibility index (Phi) is 4.19. The molecule has 0 saturated heterocycles. The average molecular weight is 365 g/mol. The molecule has 0 fully saturated rings. The fourth-order valence-electron chi connectivity index (χ4n) is 3.13. The van der Waals surface area contributed by atoms with Gasteiger partial charge in [-0.05, 0) is 22.8 Å². The Morgan fingerprint density at radius 3 is 2.31 bits per heavy atom. The SMILES string of the molecule is Oc1c2ccccc2[n+](Cc2cccc(Cl)c2)c(O)[n+]1-c1ccccc1. The highest BCUT2D eigenvalue weighted by molar-refractivity contribution is 6.30. The van der Waals surface area contributed by atoms with E-state index >= 15 is 0 Å². The summed E-state index contributed by atoms with van der Waals surface area (Å²) in [6.07, 6.45) is 0. The maximum absolute atomic E-state index is 11.0. The van der Waals surface area contributed by atoms with Gasteiger partial charge in [-0.25, -0.2) is 0 Å². The summed E-state index contributed by atoms with van der Waals surface area (Å²) in [4.78, 5) is 0. The average Bonchev–Trinajstić information content (AvgIpc) is 2.66. The smallest absolute Gasteiger partial charge is 0.459 e. The van der Waals surface area contributed by atoms with E-state index in [1.807, 2.05) is 78.9 Å². The van der Waals surface area contributed by atoms with Crippen LogP contribution in [0.3, 0.4) is 0 Å². The summed E-state index contributed by atoms with van der Waals surface area (Å²) in [6.45, 7) is 0.417. The first-order chi connectivity index (χ1) is 12.6. The third kappa shape index (κ3) is 2.85. The lowest BCUT2D eigenvalue weighted by atomic mass is 10.2. The van der Waals surface area contributed by atoms with Gasteiger partial charge in [-0.15, -0.1) is 0 Å². The fourth-order valence-corrected chi connectivity index (χ4v) is 3.34. The quantitative estimate of drug-likeness (QED) is 0.546. The molecule has 0 unspecified atom stereocenters. The van der Waals surface area contributed by atoms with Crippen LogP contribution in [0.4, 0.5) is 0 Å². The van der Waals surface area contributed by atoms with Gasteiger partial charge in [0.15, 0.2) is 11.9 Å².